The molecule has 0 saturated heterocycles. The molecule has 0 heterocycles. The summed E-state index contributed by atoms with van der Waals surface area (Å²) in [6.45, 7) is 7.41. The van der Waals surface area contributed by atoms with Crippen molar-refractivity contribution in [2.75, 3.05) is 20.3 Å². The maximum absolute atomic E-state index is 8.97. The highest BCUT2D eigenvalue weighted by Crippen LogP contribution is 2.31. The Morgan fingerprint density at radius 3 is 1.85 bits per heavy atom. The monoisotopic (exact) mass is 390 g/mol. The van der Waals surface area contributed by atoms with E-state index in [2.05, 4.69) is 11.5 Å². The predicted octanol–water partition coefficient (Wildman–Crippen LogP) is 5.31. The molecular formula is C20H38O7. The van der Waals surface area contributed by atoms with E-state index < -0.39 is 11.6 Å². The summed E-state index contributed by atoms with van der Waals surface area (Å²) < 4.78 is 5.07. The average Bonchev–Trinajstić information content (AvgIpc) is 2.64. The molecule has 1 aliphatic carbocycles. The Morgan fingerprint density at radius 2 is 1.41 bits per heavy atom. The van der Waals surface area contributed by atoms with Gasteiger partial charge in [-0.05, 0) is 26.7 Å². The topological polar surface area (TPSA) is 75.6 Å². The smallest absolute Gasteiger partial charge is 0.234 e. The summed E-state index contributed by atoms with van der Waals surface area (Å²) in [5, 5.41) is 8.97. The zero-order chi connectivity index (χ0) is 20.0. The highest BCUT2D eigenvalue weighted by Gasteiger charge is 2.37. The van der Waals surface area contributed by atoms with Crippen LogP contribution in [0.3, 0.4) is 0 Å². The van der Waals surface area contributed by atoms with Crippen LogP contribution in [-0.2, 0) is 29.2 Å². The molecule has 160 valence electrons. The second kappa shape index (κ2) is 13.6. The van der Waals surface area contributed by atoms with E-state index in [-0.39, 0.29) is 6.61 Å². The van der Waals surface area contributed by atoms with Crippen molar-refractivity contribution in [3.05, 3.63) is 12.2 Å². The lowest BCUT2D eigenvalue weighted by atomic mass is 9.97. The van der Waals surface area contributed by atoms with Gasteiger partial charge in [0, 0.05) is 20.0 Å². The standard InChI is InChI=1S/C20H38O7/c1-18(2)16-23-26-20(27-24-17-19(3,22-4)25-21)14-12-10-8-6-5-7-9-11-13-15-20/h21H,1,5-17H2,2-4H3. The minimum Gasteiger partial charge on any atom is -0.349 e. The third kappa shape index (κ3) is 10.5. The van der Waals surface area contributed by atoms with Crippen LogP contribution in [0.25, 0.3) is 0 Å². The molecule has 0 amide bonds. The molecular weight excluding hydrogens is 352 g/mol. The highest BCUT2D eigenvalue weighted by molar-refractivity contribution is 4.86. The molecule has 0 bridgehead atoms. The molecule has 1 rings (SSSR count). The van der Waals surface area contributed by atoms with Crippen LogP contribution in [-0.4, -0.2) is 37.2 Å². The highest BCUT2D eigenvalue weighted by atomic mass is 17.3. The fraction of sp³-hybridized carbons (Fsp3) is 0.900. The van der Waals surface area contributed by atoms with Crippen molar-refractivity contribution < 1.29 is 34.4 Å². The van der Waals surface area contributed by atoms with Gasteiger partial charge in [0.25, 0.3) is 0 Å². The minimum atomic E-state index is -1.31. The molecule has 7 heteroatoms. The Labute approximate surface area is 163 Å². The van der Waals surface area contributed by atoms with Gasteiger partial charge in [-0.15, -0.1) is 0 Å². The number of ether oxygens (including phenoxy) is 1. The van der Waals surface area contributed by atoms with Gasteiger partial charge in [0.15, 0.2) is 0 Å². The van der Waals surface area contributed by atoms with Gasteiger partial charge >= 0.3 is 0 Å². The second-order valence-corrected chi connectivity index (χ2v) is 7.67. The van der Waals surface area contributed by atoms with Crippen LogP contribution in [0.15, 0.2) is 12.2 Å². The van der Waals surface area contributed by atoms with Gasteiger partial charge in [-0.2, -0.15) is 9.78 Å². The number of methoxy groups -OCH3 is 1. The summed E-state index contributed by atoms with van der Waals surface area (Å²) in [6, 6.07) is 0. The molecule has 0 spiro atoms. The fourth-order valence-corrected chi connectivity index (χ4v) is 2.94. The van der Waals surface area contributed by atoms with Crippen molar-refractivity contribution >= 4 is 0 Å². The first kappa shape index (κ1) is 24.5. The van der Waals surface area contributed by atoms with Gasteiger partial charge in [-0.1, -0.05) is 57.1 Å². The van der Waals surface area contributed by atoms with Gasteiger partial charge in [0.1, 0.15) is 13.2 Å². The molecule has 1 atom stereocenters. The van der Waals surface area contributed by atoms with Crippen LogP contribution >= 0.6 is 0 Å². The molecule has 0 aromatic carbocycles. The second-order valence-electron chi connectivity index (χ2n) is 7.67. The molecule has 0 aliphatic heterocycles. The summed E-state index contributed by atoms with van der Waals surface area (Å²) >= 11 is 0. The van der Waals surface area contributed by atoms with E-state index in [1.165, 1.54) is 39.2 Å². The first-order valence-corrected chi connectivity index (χ1v) is 10.1. The molecule has 1 saturated carbocycles. The predicted molar refractivity (Wildman–Crippen MR) is 102 cm³/mol. The van der Waals surface area contributed by atoms with Crippen molar-refractivity contribution in [2.24, 2.45) is 0 Å². The fourth-order valence-electron chi connectivity index (χ4n) is 2.94. The summed E-state index contributed by atoms with van der Waals surface area (Å²) in [4.78, 5) is 26.5. The Hall–Kier alpha value is -0.540. The lowest BCUT2D eigenvalue weighted by Gasteiger charge is -2.32. The van der Waals surface area contributed by atoms with Gasteiger partial charge in [-0.25, -0.2) is 19.9 Å². The molecule has 1 fully saturated rings. The third-order valence-corrected chi connectivity index (χ3v) is 4.79. The van der Waals surface area contributed by atoms with Crippen molar-refractivity contribution in [1.29, 1.82) is 0 Å². The molecule has 0 aromatic rings. The molecule has 0 radical (unpaired) electrons. The maximum atomic E-state index is 8.97. The SMILES string of the molecule is C=C(C)COOC1(OOCC(C)(OC)OO)CCCCCCCCCCC1. The van der Waals surface area contributed by atoms with Crippen LogP contribution in [0, 0.1) is 0 Å². The van der Waals surface area contributed by atoms with Gasteiger partial charge in [0.2, 0.25) is 11.6 Å². The Bertz CT molecular complexity index is 384. The van der Waals surface area contributed by atoms with Gasteiger partial charge < -0.3 is 4.74 Å². The normalized spacial score (nSPS) is 21.6. The summed E-state index contributed by atoms with van der Waals surface area (Å²) in [5.74, 6) is -2.32. The van der Waals surface area contributed by atoms with Crippen LogP contribution in [0.1, 0.15) is 84.5 Å². The van der Waals surface area contributed by atoms with E-state index in [0.29, 0.717) is 19.4 Å². The zero-order valence-electron chi connectivity index (χ0n) is 17.3. The Balaban J connectivity index is 2.72. The van der Waals surface area contributed by atoms with Crippen molar-refractivity contribution in [2.45, 2.75) is 96.1 Å². The van der Waals surface area contributed by atoms with Crippen LogP contribution in [0.5, 0.6) is 0 Å². The quantitative estimate of drug-likeness (QED) is 0.234. The third-order valence-electron chi connectivity index (χ3n) is 4.79. The first-order chi connectivity index (χ1) is 13.0. The van der Waals surface area contributed by atoms with E-state index in [0.717, 1.165) is 31.3 Å². The molecule has 0 aromatic heterocycles. The molecule has 1 aliphatic rings. The molecule has 7 nitrogen and oxygen atoms in total. The molecule has 27 heavy (non-hydrogen) atoms. The summed E-state index contributed by atoms with van der Waals surface area (Å²) in [6.07, 6.45) is 11.8. The van der Waals surface area contributed by atoms with Crippen molar-refractivity contribution in [3.63, 3.8) is 0 Å². The van der Waals surface area contributed by atoms with E-state index >= 15 is 0 Å². The maximum Gasteiger partial charge on any atom is 0.234 e. The molecule has 1 unspecified atom stereocenters. The number of hydrogen-bond donors (Lipinski definition) is 1. The van der Waals surface area contributed by atoms with Crippen LogP contribution in [0.2, 0.25) is 0 Å². The van der Waals surface area contributed by atoms with Crippen molar-refractivity contribution in [1.82, 2.24) is 0 Å². The molecule has 1 N–H and O–H groups in total. The Morgan fingerprint density at radius 1 is 0.926 bits per heavy atom. The van der Waals surface area contributed by atoms with Gasteiger partial charge in [0.05, 0.1) is 0 Å². The Kier molecular flexibility index (Phi) is 12.3. The lowest BCUT2D eigenvalue weighted by molar-refractivity contribution is -0.528. The average molecular weight is 391 g/mol. The number of hydrogen-bond acceptors (Lipinski definition) is 7. The van der Waals surface area contributed by atoms with E-state index in [1.807, 2.05) is 6.92 Å². The zero-order valence-corrected chi connectivity index (χ0v) is 17.3. The van der Waals surface area contributed by atoms with E-state index in [4.69, 9.17) is 29.5 Å². The summed E-state index contributed by atoms with van der Waals surface area (Å²) in [5.41, 5.74) is 0.861. The minimum absolute atomic E-state index is 0.119. The van der Waals surface area contributed by atoms with Crippen LogP contribution < -0.4 is 0 Å². The van der Waals surface area contributed by atoms with Gasteiger partial charge in [-0.3, -0.25) is 0 Å². The summed E-state index contributed by atoms with van der Waals surface area (Å²) in [7, 11) is 1.41. The van der Waals surface area contributed by atoms with Crippen molar-refractivity contribution in [3.8, 4) is 0 Å². The largest absolute Gasteiger partial charge is 0.349 e. The number of rotatable bonds is 10. The van der Waals surface area contributed by atoms with E-state index in [9.17, 15) is 0 Å². The van der Waals surface area contributed by atoms with E-state index in [1.54, 1.807) is 6.92 Å². The lowest BCUT2D eigenvalue weighted by Crippen LogP contribution is -2.41. The van der Waals surface area contributed by atoms with Crippen LogP contribution in [0.4, 0.5) is 0 Å². The first-order valence-electron chi connectivity index (χ1n) is 10.1.